The zero-order valence-electron chi connectivity index (χ0n) is 7.51. The molecule has 0 aromatic heterocycles. The summed E-state index contributed by atoms with van der Waals surface area (Å²) in [5.74, 6) is -1.46. The lowest BCUT2D eigenvalue weighted by molar-refractivity contribution is -0.387. The molecule has 0 bridgehead atoms. The van der Waals surface area contributed by atoms with Crippen molar-refractivity contribution in [2.24, 2.45) is 0 Å². The lowest BCUT2D eigenvalue weighted by atomic mass is 10.3. The van der Waals surface area contributed by atoms with E-state index in [0.29, 0.717) is 6.07 Å². The van der Waals surface area contributed by atoms with Gasteiger partial charge < -0.3 is 4.18 Å². The Morgan fingerprint density at radius 3 is 2.47 bits per heavy atom. The summed E-state index contributed by atoms with van der Waals surface area (Å²) in [5.41, 5.74) is -0.740. The molecule has 15 heavy (non-hydrogen) atoms. The monoisotopic (exact) mass is 235 g/mol. The smallest absolute Gasteiger partial charge is 0.306 e. The molecular weight excluding hydrogens is 229 g/mol. The summed E-state index contributed by atoms with van der Waals surface area (Å²) in [6.07, 6.45) is 0.784. The molecule has 0 spiro atoms. The zero-order chi connectivity index (χ0) is 11.6. The van der Waals surface area contributed by atoms with Crippen molar-refractivity contribution in [2.45, 2.75) is 0 Å². The summed E-state index contributed by atoms with van der Waals surface area (Å²) in [5, 5.41) is 10.2. The molecule has 0 heterocycles. The van der Waals surface area contributed by atoms with Crippen LogP contribution in [0.15, 0.2) is 18.2 Å². The number of halogens is 1. The largest absolute Gasteiger partial charge is 0.382 e. The van der Waals surface area contributed by atoms with Crippen LogP contribution in [0.25, 0.3) is 0 Å². The van der Waals surface area contributed by atoms with E-state index >= 15 is 0 Å². The summed E-state index contributed by atoms with van der Waals surface area (Å²) in [6.45, 7) is 0. The maximum Gasteiger partial charge on any atom is 0.306 e. The van der Waals surface area contributed by atoms with E-state index in [1.165, 1.54) is 0 Å². The van der Waals surface area contributed by atoms with Crippen LogP contribution in [0, 0.1) is 15.9 Å². The summed E-state index contributed by atoms with van der Waals surface area (Å²) in [6, 6.07) is 2.47. The van der Waals surface area contributed by atoms with Gasteiger partial charge in [0.2, 0.25) is 5.82 Å². The molecule has 1 rings (SSSR count). The minimum Gasteiger partial charge on any atom is -0.382 e. The summed E-state index contributed by atoms with van der Waals surface area (Å²) >= 11 is 0. The summed E-state index contributed by atoms with van der Waals surface area (Å²) in [7, 11) is -3.76. The van der Waals surface area contributed by atoms with Crippen molar-refractivity contribution in [1.82, 2.24) is 0 Å². The first-order chi connectivity index (χ1) is 6.79. The minimum absolute atomic E-state index is 0.305. The van der Waals surface area contributed by atoms with Gasteiger partial charge in [0.1, 0.15) is 5.75 Å². The summed E-state index contributed by atoms with van der Waals surface area (Å²) < 4.78 is 38.6. The van der Waals surface area contributed by atoms with E-state index in [4.69, 9.17) is 0 Å². The topological polar surface area (TPSA) is 86.5 Å². The number of nitrogens with zero attached hydrogens (tertiary/aromatic N) is 1. The number of benzene rings is 1. The molecule has 0 radical (unpaired) electrons. The van der Waals surface area contributed by atoms with Crippen LogP contribution in [0.4, 0.5) is 10.1 Å². The van der Waals surface area contributed by atoms with E-state index in [2.05, 4.69) is 4.18 Å². The van der Waals surface area contributed by atoms with E-state index in [1.807, 2.05) is 0 Å². The van der Waals surface area contributed by atoms with Crippen LogP contribution in [-0.2, 0) is 10.1 Å². The maximum atomic E-state index is 13.0. The van der Waals surface area contributed by atoms with Gasteiger partial charge in [-0.3, -0.25) is 10.1 Å². The van der Waals surface area contributed by atoms with Gasteiger partial charge >= 0.3 is 15.8 Å². The van der Waals surface area contributed by atoms with Crippen molar-refractivity contribution in [3.63, 3.8) is 0 Å². The van der Waals surface area contributed by atoms with Gasteiger partial charge in [-0.2, -0.15) is 12.8 Å². The van der Waals surface area contributed by atoms with Crippen molar-refractivity contribution in [3.8, 4) is 5.75 Å². The quantitative estimate of drug-likeness (QED) is 0.444. The van der Waals surface area contributed by atoms with Crippen LogP contribution in [0.3, 0.4) is 0 Å². The van der Waals surface area contributed by atoms with Gasteiger partial charge in [-0.15, -0.1) is 0 Å². The molecule has 6 nitrogen and oxygen atoms in total. The number of nitro groups is 1. The Balaban J connectivity index is 3.07. The lowest BCUT2D eigenvalue weighted by Crippen LogP contribution is -2.06. The molecule has 0 aliphatic heterocycles. The molecule has 0 amide bonds. The fourth-order valence-corrected chi connectivity index (χ4v) is 1.32. The van der Waals surface area contributed by atoms with Crippen molar-refractivity contribution in [3.05, 3.63) is 34.1 Å². The molecule has 0 fully saturated rings. The average Bonchev–Trinajstić information content (AvgIpc) is 1.99. The van der Waals surface area contributed by atoms with Crippen molar-refractivity contribution in [1.29, 1.82) is 0 Å². The molecule has 0 saturated carbocycles. The SMILES string of the molecule is CS(=O)(=O)Oc1ccc([N+](=O)[O-])c(F)c1. The van der Waals surface area contributed by atoms with E-state index in [1.54, 1.807) is 0 Å². The number of rotatable bonds is 3. The maximum absolute atomic E-state index is 13.0. The first-order valence-corrected chi connectivity index (χ1v) is 5.44. The van der Waals surface area contributed by atoms with Crippen LogP contribution in [-0.4, -0.2) is 19.6 Å². The zero-order valence-corrected chi connectivity index (χ0v) is 8.32. The van der Waals surface area contributed by atoms with Crippen molar-refractivity contribution < 1.29 is 21.9 Å². The molecule has 82 valence electrons. The van der Waals surface area contributed by atoms with Gasteiger partial charge in [-0.05, 0) is 6.07 Å². The van der Waals surface area contributed by atoms with Gasteiger partial charge in [0.25, 0.3) is 0 Å². The molecule has 0 N–H and O–H groups in total. The van der Waals surface area contributed by atoms with Crippen LogP contribution in [0.5, 0.6) is 5.75 Å². The van der Waals surface area contributed by atoms with Crippen LogP contribution in [0.1, 0.15) is 0 Å². The normalized spacial score (nSPS) is 11.1. The van der Waals surface area contributed by atoms with Gasteiger partial charge in [-0.1, -0.05) is 0 Å². The highest BCUT2D eigenvalue weighted by atomic mass is 32.2. The molecule has 0 saturated heterocycles. The first kappa shape index (κ1) is 11.4. The van der Waals surface area contributed by atoms with Crippen molar-refractivity contribution >= 4 is 15.8 Å². The Bertz CT molecular complexity index is 498. The number of hydrogen-bond acceptors (Lipinski definition) is 5. The molecule has 0 unspecified atom stereocenters. The molecule has 1 aromatic carbocycles. The summed E-state index contributed by atoms with van der Waals surface area (Å²) in [4.78, 5) is 9.31. The second kappa shape index (κ2) is 3.81. The lowest BCUT2D eigenvalue weighted by Gasteiger charge is -2.02. The molecule has 8 heteroatoms. The first-order valence-electron chi connectivity index (χ1n) is 3.63. The third kappa shape index (κ3) is 3.17. The molecule has 0 aliphatic carbocycles. The third-order valence-corrected chi connectivity index (χ3v) is 1.86. The van der Waals surface area contributed by atoms with Gasteiger partial charge in [0.05, 0.1) is 11.2 Å². The Morgan fingerprint density at radius 1 is 1.47 bits per heavy atom. The van der Waals surface area contributed by atoms with E-state index in [0.717, 1.165) is 18.4 Å². The average molecular weight is 235 g/mol. The van der Waals surface area contributed by atoms with Gasteiger partial charge in [0, 0.05) is 12.1 Å². The van der Waals surface area contributed by atoms with Crippen LogP contribution < -0.4 is 4.18 Å². The van der Waals surface area contributed by atoms with E-state index in [-0.39, 0.29) is 5.75 Å². The van der Waals surface area contributed by atoms with Gasteiger partial charge in [-0.25, -0.2) is 0 Å². The molecular formula is C7H6FNO5S. The molecule has 1 aromatic rings. The molecule has 0 aliphatic rings. The highest BCUT2D eigenvalue weighted by Gasteiger charge is 2.15. The van der Waals surface area contributed by atoms with E-state index < -0.39 is 26.5 Å². The third-order valence-electron chi connectivity index (χ3n) is 1.36. The predicted molar refractivity (Wildman–Crippen MR) is 48.5 cm³/mol. The highest BCUT2D eigenvalue weighted by molar-refractivity contribution is 7.86. The second-order valence-electron chi connectivity index (χ2n) is 2.66. The van der Waals surface area contributed by atoms with Crippen LogP contribution in [0.2, 0.25) is 0 Å². The fraction of sp³-hybridized carbons (Fsp3) is 0.143. The Kier molecular flexibility index (Phi) is 2.89. The highest BCUT2D eigenvalue weighted by Crippen LogP contribution is 2.22. The van der Waals surface area contributed by atoms with Gasteiger partial charge in [0.15, 0.2) is 0 Å². The minimum atomic E-state index is -3.76. The van der Waals surface area contributed by atoms with Crippen LogP contribution >= 0.6 is 0 Å². The number of nitro benzene ring substituents is 1. The molecule has 0 atom stereocenters. The Labute approximate surface area is 84.6 Å². The van der Waals surface area contributed by atoms with E-state index in [9.17, 15) is 22.9 Å². The standard InChI is InChI=1S/C7H6FNO5S/c1-15(12,13)14-5-2-3-7(9(10)11)6(8)4-5/h2-4H,1H3. The Hall–Kier alpha value is -1.70. The fourth-order valence-electron chi connectivity index (χ4n) is 0.862. The number of hydrogen-bond donors (Lipinski definition) is 0. The second-order valence-corrected chi connectivity index (χ2v) is 4.23. The van der Waals surface area contributed by atoms with Crippen molar-refractivity contribution in [2.75, 3.05) is 6.26 Å². The Morgan fingerprint density at radius 2 is 2.07 bits per heavy atom. The predicted octanol–water partition coefficient (Wildman–Crippen LogP) is 1.07.